The van der Waals surface area contributed by atoms with Gasteiger partial charge in [-0.05, 0) is 25.7 Å². The Balaban J connectivity index is 3.03. The highest BCUT2D eigenvalue weighted by Gasteiger charge is 1.97. The lowest BCUT2D eigenvalue weighted by molar-refractivity contribution is -0.143. The van der Waals surface area contributed by atoms with Crippen LogP contribution in [0.15, 0.2) is 12.2 Å². The average molecular weight is 268 g/mol. The van der Waals surface area contributed by atoms with Crippen molar-refractivity contribution in [3.05, 3.63) is 12.2 Å². The molecule has 0 saturated carbocycles. The van der Waals surface area contributed by atoms with Crippen LogP contribution in [-0.2, 0) is 9.53 Å². The molecule has 0 aliphatic rings. The molecule has 0 aromatic carbocycles. The van der Waals surface area contributed by atoms with Gasteiger partial charge in [0.15, 0.2) is 0 Å². The molecule has 2 nitrogen and oxygen atoms in total. The van der Waals surface area contributed by atoms with Crippen LogP contribution >= 0.6 is 0 Å². The van der Waals surface area contributed by atoms with E-state index in [0.717, 1.165) is 12.8 Å². The van der Waals surface area contributed by atoms with Crippen LogP contribution in [0.4, 0.5) is 0 Å². The van der Waals surface area contributed by atoms with Crippen molar-refractivity contribution < 1.29 is 9.53 Å². The molecule has 0 spiro atoms. The molecule has 19 heavy (non-hydrogen) atoms. The number of hydrogen-bond acceptors (Lipinski definition) is 2. The van der Waals surface area contributed by atoms with Gasteiger partial charge < -0.3 is 4.74 Å². The van der Waals surface area contributed by atoms with Crippen LogP contribution in [0.1, 0.15) is 84.5 Å². The summed E-state index contributed by atoms with van der Waals surface area (Å²) >= 11 is 0. The van der Waals surface area contributed by atoms with Crippen molar-refractivity contribution in [2.24, 2.45) is 0 Å². The van der Waals surface area contributed by atoms with Crippen LogP contribution in [0.5, 0.6) is 0 Å². The third kappa shape index (κ3) is 15.2. The predicted octanol–water partition coefficient (Wildman–Crippen LogP) is 5.42. The van der Waals surface area contributed by atoms with Crippen molar-refractivity contribution in [2.75, 3.05) is 6.61 Å². The Labute approximate surface area is 119 Å². The number of carbonyl (C=O) groups excluding carboxylic acids is 1. The van der Waals surface area contributed by atoms with Crippen LogP contribution in [-0.4, -0.2) is 12.6 Å². The number of carbonyl (C=O) groups is 1. The van der Waals surface area contributed by atoms with Crippen molar-refractivity contribution in [3.63, 3.8) is 0 Å². The molecule has 0 N–H and O–H groups in total. The third-order valence-corrected chi connectivity index (χ3v) is 3.22. The van der Waals surface area contributed by atoms with E-state index in [4.69, 9.17) is 4.74 Å². The fraction of sp³-hybridized carbons (Fsp3) is 0.824. The number of esters is 1. The van der Waals surface area contributed by atoms with E-state index in [2.05, 4.69) is 19.1 Å². The fourth-order valence-corrected chi connectivity index (χ4v) is 2.00. The minimum atomic E-state index is -0.0721. The molecule has 0 aromatic rings. The summed E-state index contributed by atoms with van der Waals surface area (Å²) in [5.74, 6) is -0.0721. The number of unbranched alkanes of at least 4 members (excludes halogenated alkanes) is 8. The summed E-state index contributed by atoms with van der Waals surface area (Å²) in [5, 5.41) is 0. The van der Waals surface area contributed by atoms with Gasteiger partial charge in [0.25, 0.3) is 0 Å². The second kappa shape index (κ2) is 15.3. The Hall–Kier alpha value is -0.790. The maximum Gasteiger partial charge on any atom is 0.305 e. The van der Waals surface area contributed by atoms with E-state index >= 15 is 0 Å². The molecule has 112 valence electrons. The lowest BCUT2D eigenvalue weighted by atomic mass is 10.1. The SMILES string of the molecule is CC/C=C\CCCCCCCCCCOC(=O)CC. The maximum atomic E-state index is 10.9. The van der Waals surface area contributed by atoms with E-state index in [-0.39, 0.29) is 5.97 Å². The smallest absolute Gasteiger partial charge is 0.305 e. The zero-order valence-electron chi connectivity index (χ0n) is 13.0. The Kier molecular flexibility index (Phi) is 14.6. The molecule has 0 rings (SSSR count). The standard InChI is InChI=1S/C17H32O2/c1-3-5-6-7-8-9-10-11-12-13-14-15-16-19-17(18)4-2/h5-6H,3-4,7-16H2,1-2H3/b6-5-. The van der Waals surface area contributed by atoms with Gasteiger partial charge in [0.2, 0.25) is 0 Å². The van der Waals surface area contributed by atoms with E-state index in [1.807, 2.05) is 6.92 Å². The zero-order chi connectivity index (χ0) is 14.2. The summed E-state index contributed by atoms with van der Waals surface area (Å²) in [7, 11) is 0. The van der Waals surface area contributed by atoms with Gasteiger partial charge in [0.1, 0.15) is 0 Å². The molecular weight excluding hydrogens is 236 g/mol. The molecule has 0 fully saturated rings. The first-order valence-corrected chi connectivity index (χ1v) is 8.11. The molecule has 0 bridgehead atoms. The van der Waals surface area contributed by atoms with Crippen LogP contribution in [0.2, 0.25) is 0 Å². The summed E-state index contributed by atoms with van der Waals surface area (Å²) in [5.41, 5.74) is 0. The zero-order valence-corrected chi connectivity index (χ0v) is 13.0. The second-order valence-electron chi connectivity index (χ2n) is 5.07. The minimum Gasteiger partial charge on any atom is -0.466 e. The molecule has 0 atom stereocenters. The summed E-state index contributed by atoms with van der Waals surface area (Å²) in [6.07, 6.45) is 17.7. The maximum absolute atomic E-state index is 10.9. The molecular formula is C17H32O2. The molecule has 0 aromatic heterocycles. The summed E-state index contributed by atoms with van der Waals surface area (Å²) < 4.78 is 5.04. The topological polar surface area (TPSA) is 26.3 Å². The fourth-order valence-electron chi connectivity index (χ4n) is 2.00. The average Bonchev–Trinajstić information content (AvgIpc) is 2.43. The van der Waals surface area contributed by atoms with Crippen LogP contribution in [0.25, 0.3) is 0 Å². The van der Waals surface area contributed by atoms with E-state index in [9.17, 15) is 4.79 Å². The Morgan fingerprint density at radius 3 is 2.00 bits per heavy atom. The summed E-state index contributed by atoms with van der Waals surface area (Å²) in [4.78, 5) is 10.9. The molecule has 0 heterocycles. The molecule has 2 heteroatoms. The van der Waals surface area contributed by atoms with Gasteiger partial charge in [-0.3, -0.25) is 4.79 Å². The lowest BCUT2D eigenvalue weighted by Gasteiger charge is -2.03. The first-order chi connectivity index (χ1) is 9.31. The number of hydrogen-bond donors (Lipinski definition) is 0. The van der Waals surface area contributed by atoms with E-state index in [0.29, 0.717) is 13.0 Å². The van der Waals surface area contributed by atoms with Gasteiger partial charge in [-0.1, -0.05) is 64.5 Å². The van der Waals surface area contributed by atoms with Gasteiger partial charge in [-0.2, -0.15) is 0 Å². The third-order valence-electron chi connectivity index (χ3n) is 3.22. The van der Waals surface area contributed by atoms with Gasteiger partial charge in [0, 0.05) is 6.42 Å². The Morgan fingerprint density at radius 1 is 0.842 bits per heavy atom. The van der Waals surface area contributed by atoms with E-state index in [1.54, 1.807) is 0 Å². The van der Waals surface area contributed by atoms with Crippen LogP contribution in [0, 0.1) is 0 Å². The quantitative estimate of drug-likeness (QED) is 0.253. The first kappa shape index (κ1) is 18.2. The Bertz CT molecular complexity index is 221. The second-order valence-corrected chi connectivity index (χ2v) is 5.07. The van der Waals surface area contributed by atoms with Crippen molar-refractivity contribution >= 4 is 5.97 Å². The predicted molar refractivity (Wildman–Crippen MR) is 82.2 cm³/mol. The van der Waals surface area contributed by atoms with Gasteiger partial charge in [-0.15, -0.1) is 0 Å². The van der Waals surface area contributed by atoms with Crippen molar-refractivity contribution in [1.29, 1.82) is 0 Å². The van der Waals surface area contributed by atoms with E-state index in [1.165, 1.54) is 51.4 Å². The highest BCUT2D eigenvalue weighted by molar-refractivity contribution is 5.68. The molecule has 0 amide bonds. The highest BCUT2D eigenvalue weighted by Crippen LogP contribution is 2.10. The van der Waals surface area contributed by atoms with Gasteiger partial charge in [-0.25, -0.2) is 0 Å². The molecule has 0 unspecified atom stereocenters. The molecule has 0 aliphatic heterocycles. The van der Waals surface area contributed by atoms with Crippen LogP contribution in [0.3, 0.4) is 0 Å². The van der Waals surface area contributed by atoms with Crippen LogP contribution < -0.4 is 0 Å². The first-order valence-electron chi connectivity index (χ1n) is 8.11. The van der Waals surface area contributed by atoms with E-state index < -0.39 is 0 Å². The molecule has 0 radical (unpaired) electrons. The normalized spacial score (nSPS) is 11.1. The van der Waals surface area contributed by atoms with Crippen molar-refractivity contribution in [3.8, 4) is 0 Å². The Morgan fingerprint density at radius 2 is 1.42 bits per heavy atom. The molecule has 0 aliphatic carbocycles. The largest absolute Gasteiger partial charge is 0.466 e. The van der Waals surface area contributed by atoms with Crippen molar-refractivity contribution in [2.45, 2.75) is 84.5 Å². The summed E-state index contributed by atoms with van der Waals surface area (Å²) in [6, 6.07) is 0. The number of allylic oxidation sites excluding steroid dienone is 2. The lowest BCUT2D eigenvalue weighted by Crippen LogP contribution is -2.03. The molecule has 0 saturated heterocycles. The number of rotatable bonds is 13. The van der Waals surface area contributed by atoms with Gasteiger partial charge in [0.05, 0.1) is 6.61 Å². The van der Waals surface area contributed by atoms with Gasteiger partial charge >= 0.3 is 5.97 Å². The minimum absolute atomic E-state index is 0.0721. The van der Waals surface area contributed by atoms with Crippen molar-refractivity contribution in [1.82, 2.24) is 0 Å². The highest BCUT2D eigenvalue weighted by atomic mass is 16.5. The monoisotopic (exact) mass is 268 g/mol. The number of ether oxygens (including phenoxy) is 1. The summed E-state index contributed by atoms with van der Waals surface area (Å²) in [6.45, 7) is 4.62.